The molecule has 0 aliphatic carbocycles. The van der Waals surface area contributed by atoms with Crippen molar-refractivity contribution >= 4 is 22.8 Å². The van der Waals surface area contributed by atoms with Crippen molar-refractivity contribution in [1.82, 2.24) is 14.8 Å². The third-order valence-electron chi connectivity index (χ3n) is 5.89. The molecule has 7 heteroatoms. The van der Waals surface area contributed by atoms with Crippen molar-refractivity contribution in [2.24, 2.45) is 7.05 Å². The van der Waals surface area contributed by atoms with E-state index in [2.05, 4.69) is 5.32 Å². The number of nitrogens with zero attached hydrogens (tertiary/aromatic N) is 2. The molecule has 2 heterocycles. The lowest BCUT2D eigenvalue weighted by atomic mass is 10.0. The van der Waals surface area contributed by atoms with E-state index in [-0.39, 0.29) is 17.5 Å². The first kappa shape index (κ1) is 22.3. The summed E-state index contributed by atoms with van der Waals surface area (Å²) in [6, 6.07) is 17.5. The van der Waals surface area contributed by atoms with Gasteiger partial charge in [0, 0.05) is 38.3 Å². The van der Waals surface area contributed by atoms with E-state index < -0.39 is 11.7 Å². The van der Waals surface area contributed by atoms with Crippen molar-refractivity contribution in [2.45, 2.75) is 18.9 Å². The van der Waals surface area contributed by atoms with Crippen LogP contribution in [0.2, 0.25) is 0 Å². The molecule has 2 aromatic heterocycles. The van der Waals surface area contributed by atoms with E-state index in [9.17, 15) is 14.0 Å². The molecule has 0 bridgehead atoms. The lowest BCUT2D eigenvalue weighted by Crippen LogP contribution is -2.41. The first-order valence-electron chi connectivity index (χ1n) is 10.8. The van der Waals surface area contributed by atoms with Gasteiger partial charge in [-0.05, 0) is 48.7 Å². The molecule has 33 heavy (non-hydrogen) atoms. The number of aromatic nitrogens is 1. The Kier molecular flexibility index (Phi) is 6.58. The van der Waals surface area contributed by atoms with Gasteiger partial charge in [0.25, 0.3) is 11.8 Å². The van der Waals surface area contributed by atoms with Gasteiger partial charge in [0.05, 0.1) is 11.8 Å². The monoisotopic (exact) mass is 447 g/mol. The molecule has 2 aromatic carbocycles. The first-order valence-corrected chi connectivity index (χ1v) is 10.8. The number of benzene rings is 2. The molecule has 0 saturated carbocycles. The number of nitrogens with one attached hydrogen (secondary N) is 1. The molecule has 0 saturated heterocycles. The van der Waals surface area contributed by atoms with E-state index in [1.807, 2.05) is 49.6 Å². The van der Waals surface area contributed by atoms with E-state index in [0.717, 1.165) is 5.56 Å². The van der Waals surface area contributed by atoms with Gasteiger partial charge < -0.3 is 19.2 Å². The molecule has 170 valence electrons. The van der Waals surface area contributed by atoms with Crippen LogP contribution in [-0.2, 0) is 13.5 Å². The van der Waals surface area contributed by atoms with Crippen molar-refractivity contribution in [3.05, 3.63) is 95.8 Å². The number of aryl methyl sites for hydroxylation is 1. The van der Waals surface area contributed by atoms with Gasteiger partial charge in [-0.25, -0.2) is 4.39 Å². The van der Waals surface area contributed by atoms with Crippen LogP contribution < -0.4 is 5.32 Å². The van der Waals surface area contributed by atoms with Crippen LogP contribution in [0.25, 0.3) is 11.0 Å². The molecule has 6 nitrogen and oxygen atoms in total. The summed E-state index contributed by atoms with van der Waals surface area (Å²) in [6.45, 7) is 0.374. The van der Waals surface area contributed by atoms with Gasteiger partial charge in [-0.2, -0.15) is 0 Å². The zero-order chi connectivity index (χ0) is 23.4. The highest BCUT2D eigenvalue weighted by molar-refractivity contribution is 5.98. The van der Waals surface area contributed by atoms with E-state index in [1.165, 1.54) is 18.4 Å². The van der Waals surface area contributed by atoms with Crippen LogP contribution in [0.15, 0.2) is 77.5 Å². The first-order chi connectivity index (χ1) is 15.9. The van der Waals surface area contributed by atoms with Crippen molar-refractivity contribution in [3.8, 4) is 0 Å². The number of hydrogen-bond donors (Lipinski definition) is 1. The Hall–Kier alpha value is -3.87. The fourth-order valence-corrected chi connectivity index (χ4v) is 3.96. The third kappa shape index (κ3) is 4.98. The van der Waals surface area contributed by atoms with Crippen LogP contribution in [0.5, 0.6) is 0 Å². The Labute approximate surface area is 191 Å². The molecule has 0 fully saturated rings. The summed E-state index contributed by atoms with van der Waals surface area (Å²) in [4.78, 5) is 27.3. The zero-order valence-corrected chi connectivity index (χ0v) is 18.6. The standard InChI is InChI=1S/C26H26FN3O3/c1-29-13-6-9-23(29)25(31)28-12-10-20(15-18-7-4-3-5-8-18)30(2)26(32)21-17-24-19(11-14-33-24)16-22(21)27/h3-9,11,13-14,16-17,20H,10,12,15H2,1-2H3,(H,28,31). The number of likely N-dealkylation sites (N-methyl/N-ethyl adjacent to an activating group) is 1. The molecule has 0 aliphatic heterocycles. The van der Waals surface area contributed by atoms with Gasteiger partial charge in [-0.1, -0.05) is 30.3 Å². The van der Waals surface area contributed by atoms with Gasteiger partial charge in [0.15, 0.2) is 0 Å². The van der Waals surface area contributed by atoms with Crippen molar-refractivity contribution in [3.63, 3.8) is 0 Å². The molecule has 2 amide bonds. The number of rotatable bonds is 8. The SMILES string of the molecule is CN(C(=O)c1cc2occc2cc1F)C(CCNC(=O)c1cccn1C)Cc1ccccc1. The van der Waals surface area contributed by atoms with Crippen molar-refractivity contribution in [1.29, 1.82) is 0 Å². The Balaban J connectivity index is 1.51. The summed E-state index contributed by atoms with van der Waals surface area (Å²) in [5, 5.41) is 3.53. The van der Waals surface area contributed by atoms with E-state index >= 15 is 0 Å². The Morgan fingerprint density at radius 3 is 2.64 bits per heavy atom. The number of furan rings is 1. The maximum Gasteiger partial charge on any atom is 0.267 e. The van der Waals surface area contributed by atoms with E-state index in [0.29, 0.717) is 36.0 Å². The highest BCUT2D eigenvalue weighted by atomic mass is 19.1. The molecular formula is C26H26FN3O3. The van der Waals surface area contributed by atoms with Crippen LogP contribution in [0.1, 0.15) is 32.8 Å². The second-order valence-electron chi connectivity index (χ2n) is 8.10. The fraction of sp³-hybridized carbons (Fsp3) is 0.231. The Bertz CT molecular complexity index is 1260. The minimum absolute atomic E-state index is 0.0362. The van der Waals surface area contributed by atoms with Crippen LogP contribution in [0.4, 0.5) is 4.39 Å². The van der Waals surface area contributed by atoms with Crippen molar-refractivity contribution < 1.29 is 18.4 Å². The number of fused-ring (bicyclic) bond motifs is 1. The Morgan fingerprint density at radius 2 is 1.91 bits per heavy atom. The highest BCUT2D eigenvalue weighted by Crippen LogP contribution is 2.23. The lowest BCUT2D eigenvalue weighted by Gasteiger charge is -2.29. The average Bonchev–Trinajstić information content (AvgIpc) is 3.45. The number of carbonyl (C=O) groups excluding carboxylic acids is 2. The predicted octanol–water partition coefficient (Wildman–Crippen LogP) is 4.41. The van der Waals surface area contributed by atoms with E-state index in [1.54, 1.807) is 28.6 Å². The summed E-state index contributed by atoms with van der Waals surface area (Å²) in [7, 11) is 3.48. The normalized spacial score (nSPS) is 12.0. The lowest BCUT2D eigenvalue weighted by molar-refractivity contribution is 0.0718. The molecule has 1 atom stereocenters. The van der Waals surface area contributed by atoms with Gasteiger partial charge >= 0.3 is 0 Å². The summed E-state index contributed by atoms with van der Waals surface area (Å²) >= 11 is 0. The topological polar surface area (TPSA) is 67.5 Å². The maximum atomic E-state index is 14.7. The smallest absolute Gasteiger partial charge is 0.267 e. The van der Waals surface area contributed by atoms with Gasteiger partial charge in [-0.3, -0.25) is 9.59 Å². The minimum Gasteiger partial charge on any atom is -0.464 e. The number of carbonyl (C=O) groups is 2. The van der Waals surface area contributed by atoms with Crippen molar-refractivity contribution in [2.75, 3.05) is 13.6 Å². The van der Waals surface area contributed by atoms with Crippen LogP contribution >= 0.6 is 0 Å². The quantitative estimate of drug-likeness (QED) is 0.435. The minimum atomic E-state index is -0.587. The number of amides is 2. The molecular weight excluding hydrogens is 421 g/mol. The maximum absolute atomic E-state index is 14.7. The second-order valence-corrected chi connectivity index (χ2v) is 8.10. The largest absolute Gasteiger partial charge is 0.464 e. The summed E-state index contributed by atoms with van der Waals surface area (Å²) in [6.07, 6.45) is 4.37. The summed E-state index contributed by atoms with van der Waals surface area (Å²) in [5.41, 5.74) is 2.04. The summed E-state index contributed by atoms with van der Waals surface area (Å²) < 4.78 is 21.8. The Morgan fingerprint density at radius 1 is 1.12 bits per heavy atom. The van der Waals surface area contributed by atoms with E-state index in [4.69, 9.17) is 4.42 Å². The molecule has 4 rings (SSSR count). The summed E-state index contributed by atoms with van der Waals surface area (Å²) in [5.74, 6) is -1.19. The fourth-order valence-electron chi connectivity index (χ4n) is 3.96. The molecule has 4 aromatic rings. The molecule has 0 radical (unpaired) electrons. The zero-order valence-electron chi connectivity index (χ0n) is 18.6. The van der Waals surface area contributed by atoms with Crippen LogP contribution in [0.3, 0.4) is 0 Å². The molecule has 0 aliphatic rings. The van der Waals surface area contributed by atoms with Gasteiger partial charge in [-0.15, -0.1) is 0 Å². The number of hydrogen-bond acceptors (Lipinski definition) is 3. The third-order valence-corrected chi connectivity index (χ3v) is 5.89. The predicted molar refractivity (Wildman–Crippen MR) is 125 cm³/mol. The molecule has 1 N–H and O–H groups in total. The average molecular weight is 448 g/mol. The van der Waals surface area contributed by atoms with Gasteiger partial charge in [0.1, 0.15) is 17.1 Å². The number of halogens is 1. The molecule has 0 spiro atoms. The van der Waals surface area contributed by atoms with Gasteiger partial charge in [0.2, 0.25) is 0 Å². The highest BCUT2D eigenvalue weighted by Gasteiger charge is 2.25. The second kappa shape index (κ2) is 9.73. The van der Waals surface area contributed by atoms with Crippen LogP contribution in [0, 0.1) is 5.82 Å². The van der Waals surface area contributed by atoms with Crippen LogP contribution in [-0.4, -0.2) is 40.9 Å². The molecule has 1 unspecified atom stereocenters.